The third-order valence-corrected chi connectivity index (χ3v) is 5.23. The summed E-state index contributed by atoms with van der Waals surface area (Å²) in [6.07, 6.45) is 5.36. The molecular weight excluding hydrogens is 425 g/mol. The molecule has 0 aromatic carbocycles. The van der Waals surface area contributed by atoms with Gasteiger partial charge < -0.3 is 9.64 Å². The molecule has 1 fully saturated rings. The van der Waals surface area contributed by atoms with Crippen LogP contribution in [0, 0.1) is 0 Å². The fourth-order valence-electron chi connectivity index (χ4n) is 3.79. The number of anilines is 1. The van der Waals surface area contributed by atoms with Crippen LogP contribution in [-0.2, 0) is 11.8 Å². The second kappa shape index (κ2) is 8.99. The Morgan fingerprint density at radius 3 is 2.70 bits per heavy atom. The van der Waals surface area contributed by atoms with E-state index in [-0.39, 0.29) is 30.9 Å². The van der Waals surface area contributed by atoms with E-state index in [1.807, 2.05) is 42.3 Å². The van der Waals surface area contributed by atoms with Crippen LogP contribution in [0.1, 0.15) is 6.92 Å². The van der Waals surface area contributed by atoms with Gasteiger partial charge in [0, 0.05) is 43.1 Å². The third-order valence-electron chi connectivity index (χ3n) is 5.23. The Balaban J connectivity index is 0.00000128. The maximum atomic E-state index is 5.62. The molecule has 8 nitrogen and oxygen atoms in total. The largest absolute Gasteiger partial charge is 0.377 e. The minimum Gasteiger partial charge on any atom is -0.377 e. The van der Waals surface area contributed by atoms with E-state index in [4.69, 9.17) is 9.72 Å². The molecule has 1 saturated heterocycles. The number of fused-ring (bicyclic) bond motifs is 1. The van der Waals surface area contributed by atoms with E-state index < -0.39 is 0 Å². The molecule has 5 heterocycles. The molecule has 1 atom stereocenters. The van der Waals surface area contributed by atoms with Gasteiger partial charge in [0.25, 0.3) is 0 Å². The predicted octanol–water partition coefficient (Wildman–Crippen LogP) is 3.49. The van der Waals surface area contributed by atoms with Crippen molar-refractivity contribution in [2.24, 2.45) is 7.05 Å². The number of hydrogen-bond donors (Lipinski definition) is 1. The van der Waals surface area contributed by atoms with E-state index in [1.165, 1.54) is 0 Å². The first-order valence-electron chi connectivity index (χ1n) is 9.34. The van der Waals surface area contributed by atoms with Gasteiger partial charge in [0.15, 0.2) is 0 Å². The van der Waals surface area contributed by atoms with Crippen LogP contribution in [0.3, 0.4) is 0 Å². The number of nitrogens with one attached hydrogen (secondary N) is 1. The SMILES string of the molecule is C[C@@H]1COCCN1c1cc(-c2ccnn2C)c2ccnc(-c3ccn[nH]3)c2n1.Cl.Cl. The molecule has 0 spiro atoms. The number of halogens is 2. The van der Waals surface area contributed by atoms with Crippen molar-refractivity contribution in [3.05, 3.63) is 42.9 Å². The quantitative estimate of drug-likeness (QED) is 0.517. The van der Waals surface area contributed by atoms with Crippen molar-refractivity contribution >= 4 is 41.5 Å². The number of nitrogens with zero attached hydrogens (tertiary/aromatic N) is 6. The van der Waals surface area contributed by atoms with Crippen molar-refractivity contribution in [1.82, 2.24) is 29.9 Å². The average molecular weight is 448 g/mol. The minimum atomic E-state index is 0. The van der Waals surface area contributed by atoms with Crippen LogP contribution in [0.2, 0.25) is 0 Å². The molecule has 0 radical (unpaired) electrons. The molecule has 1 aliphatic rings. The summed E-state index contributed by atoms with van der Waals surface area (Å²) in [6.45, 7) is 4.37. The fraction of sp³-hybridized carbons (Fsp3) is 0.300. The highest BCUT2D eigenvalue weighted by Gasteiger charge is 2.23. The second-order valence-electron chi connectivity index (χ2n) is 7.01. The first-order valence-corrected chi connectivity index (χ1v) is 9.34. The lowest BCUT2D eigenvalue weighted by molar-refractivity contribution is 0.0986. The van der Waals surface area contributed by atoms with Crippen molar-refractivity contribution in [2.45, 2.75) is 13.0 Å². The Labute approximate surface area is 186 Å². The maximum absolute atomic E-state index is 5.62. The summed E-state index contributed by atoms with van der Waals surface area (Å²) >= 11 is 0. The molecule has 1 aliphatic heterocycles. The second-order valence-corrected chi connectivity index (χ2v) is 7.01. The zero-order valence-corrected chi connectivity index (χ0v) is 18.3. The van der Waals surface area contributed by atoms with Gasteiger partial charge in [-0.1, -0.05) is 0 Å². The van der Waals surface area contributed by atoms with E-state index in [9.17, 15) is 0 Å². The van der Waals surface area contributed by atoms with Crippen LogP contribution in [-0.4, -0.2) is 55.7 Å². The molecule has 0 unspecified atom stereocenters. The Kier molecular flexibility index (Phi) is 6.60. The lowest BCUT2D eigenvalue weighted by Gasteiger charge is -2.34. The predicted molar refractivity (Wildman–Crippen MR) is 121 cm³/mol. The highest BCUT2D eigenvalue weighted by Crippen LogP contribution is 2.35. The normalized spacial score (nSPS) is 16.2. The number of aryl methyl sites for hydroxylation is 1. The van der Waals surface area contributed by atoms with E-state index in [1.54, 1.807) is 6.20 Å². The van der Waals surface area contributed by atoms with E-state index in [2.05, 4.69) is 38.2 Å². The summed E-state index contributed by atoms with van der Waals surface area (Å²) in [5, 5.41) is 12.5. The number of morpholine rings is 1. The van der Waals surface area contributed by atoms with E-state index in [0.717, 1.165) is 45.9 Å². The van der Waals surface area contributed by atoms with Gasteiger partial charge >= 0.3 is 0 Å². The Morgan fingerprint density at radius 2 is 2.00 bits per heavy atom. The molecular formula is C20H23Cl2N7O. The summed E-state index contributed by atoms with van der Waals surface area (Å²) in [6, 6.07) is 8.36. The van der Waals surface area contributed by atoms with Crippen molar-refractivity contribution in [2.75, 3.05) is 24.7 Å². The first-order chi connectivity index (χ1) is 13.7. The number of ether oxygens (including phenoxy) is 1. The van der Waals surface area contributed by atoms with Crippen LogP contribution >= 0.6 is 24.8 Å². The lowest BCUT2D eigenvalue weighted by Crippen LogP contribution is -2.44. The van der Waals surface area contributed by atoms with Crippen molar-refractivity contribution in [3.8, 4) is 22.6 Å². The summed E-state index contributed by atoms with van der Waals surface area (Å²) in [4.78, 5) is 11.9. The molecule has 10 heteroatoms. The lowest BCUT2D eigenvalue weighted by atomic mass is 10.0. The van der Waals surface area contributed by atoms with Gasteiger partial charge in [0.2, 0.25) is 0 Å². The summed E-state index contributed by atoms with van der Waals surface area (Å²) in [5.41, 5.74) is 4.61. The topological polar surface area (TPSA) is 84.8 Å². The van der Waals surface area contributed by atoms with Gasteiger partial charge in [-0.25, -0.2) is 4.98 Å². The van der Waals surface area contributed by atoms with Crippen molar-refractivity contribution < 1.29 is 4.74 Å². The van der Waals surface area contributed by atoms with Gasteiger partial charge in [-0.15, -0.1) is 24.8 Å². The third kappa shape index (κ3) is 3.74. The van der Waals surface area contributed by atoms with Crippen LogP contribution in [0.4, 0.5) is 5.82 Å². The number of hydrogen-bond acceptors (Lipinski definition) is 6. The molecule has 5 rings (SSSR count). The van der Waals surface area contributed by atoms with E-state index >= 15 is 0 Å². The smallest absolute Gasteiger partial charge is 0.130 e. The average Bonchev–Trinajstić information content (AvgIpc) is 3.39. The highest BCUT2D eigenvalue weighted by atomic mass is 35.5. The number of aromatic nitrogens is 6. The molecule has 0 amide bonds. The standard InChI is InChI=1S/C20H21N7O.2ClH/c1-13-12-28-10-9-27(13)18-11-15(17-5-8-23-26(17)2)14-3-6-21-20(19(14)24-18)16-4-7-22-25-16;;/h3-8,11,13H,9-10,12H2,1-2H3,(H,22,25);2*1H/t13-;;/m1../s1. The number of H-pyrrole nitrogens is 1. The van der Waals surface area contributed by atoms with Gasteiger partial charge in [0.05, 0.1) is 30.6 Å². The van der Waals surface area contributed by atoms with Crippen LogP contribution in [0.15, 0.2) is 42.9 Å². The fourth-order valence-corrected chi connectivity index (χ4v) is 3.79. The van der Waals surface area contributed by atoms with Gasteiger partial charge in [-0.2, -0.15) is 10.2 Å². The number of pyridine rings is 2. The summed E-state index contributed by atoms with van der Waals surface area (Å²) < 4.78 is 7.50. The molecule has 0 bridgehead atoms. The highest BCUT2D eigenvalue weighted by molar-refractivity contribution is 6.01. The zero-order chi connectivity index (χ0) is 19.1. The monoisotopic (exact) mass is 447 g/mol. The minimum absolute atomic E-state index is 0. The van der Waals surface area contributed by atoms with Crippen molar-refractivity contribution in [1.29, 1.82) is 0 Å². The van der Waals surface area contributed by atoms with Gasteiger partial charge in [-0.3, -0.25) is 14.8 Å². The summed E-state index contributed by atoms with van der Waals surface area (Å²) in [5.74, 6) is 0.924. The van der Waals surface area contributed by atoms with Crippen LogP contribution in [0.25, 0.3) is 33.5 Å². The Bertz CT molecular complexity index is 1130. The molecule has 4 aromatic heterocycles. The summed E-state index contributed by atoms with van der Waals surface area (Å²) in [7, 11) is 1.95. The Morgan fingerprint density at radius 1 is 1.13 bits per heavy atom. The number of rotatable bonds is 3. The van der Waals surface area contributed by atoms with Gasteiger partial charge in [0.1, 0.15) is 17.0 Å². The zero-order valence-electron chi connectivity index (χ0n) is 16.6. The number of aromatic amines is 1. The van der Waals surface area contributed by atoms with Crippen molar-refractivity contribution in [3.63, 3.8) is 0 Å². The maximum Gasteiger partial charge on any atom is 0.130 e. The Hall–Kier alpha value is -2.68. The molecule has 0 saturated carbocycles. The molecule has 0 aliphatic carbocycles. The van der Waals surface area contributed by atoms with E-state index in [0.29, 0.717) is 13.2 Å². The molecule has 158 valence electrons. The van der Waals surface area contributed by atoms with Crippen LogP contribution in [0.5, 0.6) is 0 Å². The molecule has 4 aromatic rings. The van der Waals surface area contributed by atoms with Crippen LogP contribution < -0.4 is 4.90 Å². The molecule has 1 N–H and O–H groups in total. The van der Waals surface area contributed by atoms with Gasteiger partial charge in [-0.05, 0) is 31.2 Å². The first kappa shape index (κ1) is 22.0. The molecule has 30 heavy (non-hydrogen) atoms.